The predicted molar refractivity (Wildman–Crippen MR) is 263 cm³/mol. The molecule has 3 atom stereocenters. The number of likely N-dealkylation sites (tertiary alicyclic amines) is 1. The Bertz CT molecular complexity index is 2470. The number of imide groups is 1. The van der Waals surface area contributed by atoms with Gasteiger partial charge in [-0.05, 0) is 81.8 Å². The molecule has 5 amide bonds. The van der Waals surface area contributed by atoms with Crippen molar-refractivity contribution >= 4 is 52.2 Å². The lowest BCUT2D eigenvalue weighted by Crippen LogP contribution is -2.49. The van der Waals surface area contributed by atoms with Crippen LogP contribution in [0.5, 0.6) is 0 Å². The first-order valence-electron chi connectivity index (χ1n) is 24.5. The lowest BCUT2D eigenvalue weighted by atomic mass is 10.0. The third-order valence-corrected chi connectivity index (χ3v) is 13.0. The zero-order chi connectivity index (χ0) is 50.3. The van der Waals surface area contributed by atoms with Gasteiger partial charge in [-0.15, -0.1) is 5.10 Å². The van der Waals surface area contributed by atoms with Gasteiger partial charge in [-0.2, -0.15) is 0 Å². The zero-order valence-corrected chi connectivity index (χ0v) is 40.8. The van der Waals surface area contributed by atoms with E-state index in [2.05, 4.69) is 52.4 Å². The summed E-state index contributed by atoms with van der Waals surface area (Å²) in [4.78, 5) is 77.3. The molecule has 4 heterocycles. The number of ether oxygens (including phenoxy) is 1. The Kier molecular flexibility index (Phi) is 19.1. The quantitative estimate of drug-likeness (QED) is 0.0359. The molecule has 7 N–H and O–H groups in total. The number of halogens is 1. The van der Waals surface area contributed by atoms with Crippen molar-refractivity contribution in [2.75, 3.05) is 69.1 Å². The number of piperazine rings is 1. The maximum Gasteiger partial charge on any atom is 0.410 e. The molecule has 2 aromatic heterocycles. The molecule has 4 aromatic rings. The average molecular weight is 973 g/mol. The number of anilines is 2. The minimum Gasteiger partial charge on any atom is -0.477 e. The number of nitrogens with zero attached hydrogens (tertiary/aromatic N) is 7. The maximum absolute atomic E-state index is 15.4. The SMILES string of the molecule is CCn1cc(C(=O)O)c(=O)c2cc(F)c(N3CCN(C(=O)OCc4ccc(NC[C@@H](CCCNC(N)=O)n5cc([C@@H](NC[C@H](C)NCCCCCCN6C(=O)CCC6=O)C(C)C)nn5)cc4)CC3)cc21. The van der Waals surface area contributed by atoms with Crippen molar-refractivity contribution in [3.8, 4) is 0 Å². The van der Waals surface area contributed by atoms with Crippen molar-refractivity contribution in [2.24, 2.45) is 11.7 Å². The molecule has 0 bridgehead atoms. The van der Waals surface area contributed by atoms with Crippen LogP contribution in [0.1, 0.15) is 113 Å². The van der Waals surface area contributed by atoms with Gasteiger partial charge in [0.15, 0.2) is 0 Å². The fraction of sp³-hybridized carbons (Fsp3) is 0.551. The number of carbonyl (C=O) groups is 5. The molecule has 21 heteroatoms. The van der Waals surface area contributed by atoms with Crippen LogP contribution in [0.2, 0.25) is 0 Å². The zero-order valence-electron chi connectivity index (χ0n) is 40.8. The van der Waals surface area contributed by atoms with Crippen LogP contribution in [-0.4, -0.2) is 129 Å². The van der Waals surface area contributed by atoms with Gasteiger partial charge in [0, 0.05) is 95.1 Å². The smallest absolute Gasteiger partial charge is 0.410 e. The first kappa shape index (κ1) is 52.8. The van der Waals surface area contributed by atoms with E-state index in [1.54, 1.807) is 20.4 Å². The van der Waals surface area contributed by atoms with E-state index in [0.29, 0.717) is 70.5 Å². The van der Waals surface area contributed by atoms with Crippen LogP contribution in [0.15, 0.2) is 53.6 Å². The van der Waals surface area contributed by atoms with Crippen molar-refractivity contribution in [2.45, 2.75) is 110 Å². The lowest BCUT2D eigenvalue weighted by Gasteiger charge is -2.35. The van der Waals surface area contributed by atoms with Gasteiger partial charge in [-0.1, -0.05) is 44.0 Å². The Morgan fingerprint density at radius 3 is 2.27 bits per heavy atom. The summed E-state index contributed by atoms with van der Waals surface area (Å²) >= 11 is 0. The number of nitrogens with one attached hydrogen (secondary N) is 4. The number of pyridine rings is 1. The first-order chi connectivity index (χ1) is 33.6. The van der Waals surface area contributed by atoms with Crippen LogP contribution in [0.25, 0.3) is 10.9 Å². The van der Waals surface area contributed by atoms with E-state index in [0.717, 1.165) is 61.8 Å². The monoisotopic (exact) mass is 973 g/mol. The van der Waals surface area contributed by atoms with E-state index >= 15 is 4.39 Å². The number of nitrogens with two attached hydrogens (primary N) is 1. The third kappa shape index (κ3) is 14.2. The molecule has 2 aliphatic heterocycles. The number of rotatable bonds is 26. The predicted octanol–water partition coefficient (Wildman–Crippen LogP) is 4.98. The molecule has 6 rings (SSSR count). The van der Waals surface area contributed by atoms with Gasteiger partial charge in [-0.25, -0.2) is 23.5 Å². The molecular formula is C49H69FN12O8. The molecule has 2 fully saturated rings. The lowest BCUT2D eigenvalue weighted by molar-refractivity contribution is -0.138. The number of benzene rings is 2. The summed E-state index contributed by atoms with van der Waals surface area (Å²) in [7, 11) is 0. The molecule has 0 saturated carbocycles. The van der Waals surface area contributed by atoms with Crippen molar-refractivity contribution in [3.63, 3.8) is 0 Å². The molecule has 380 valence electrons. The molecule has 0 radical (unpaired) electrons. The number of aromatic nitrogens is 4. The Balaban J connectivity index is 0.954. The van der Waals surface area contributed by atoms with Gasteiger partial charge in [0.2, 0.25) is 17.2 Å². The number of fused-ring (bicyclic) bond motifs is 1. The molecule has 0 unspecified atom stereocenters. The van der Waals surface area contributed by atoms with Gasteiger partial charge in [0.1, 0.15) is 18.0 Å². The Hall–Kier alpha value is -6.61. The standard InChI is InChI=1S/C49H69FN12O8/c1-5-58-29-38(47(66)67)46(65)37-25-39(50)42(26-41(37)58)59-21-23-60(24-22-59)49(69)70-31-34-12-14-35(15-13-34)54-28-36(11-10-19-53-48(51)68)62-30-40(56-57-62)45(32(2)3)55-27-33(4)52-18-8-6-7-9-20-61-43(63)16-17-44(61)64/h12-15,25-26,29-30,32-33,36,45,52,54-55H,5-11,16-24,27-28,31H2,1-4H3,(H,66,67)(H3,51,53,68)/t33-,36+,45-/m0/s1. The van der Waals surface area contributed by atoms with Crippen molar-refractivity contribution in [1.82, 2.24) is 45.3 Å². The minimum atomic E-state index is -1.37. The number of carbonyl (C=O) groups excluding carboxylic acids is 4. The summed E-state index contributed by atoms with van der Waals surface area (Å²) in [6.45, 7) is 13.0. The highest BCUT2D eigenvalue weighted by Gasteiger charge is 2.29. The number of aryl methyl sites for hydroxylation is 1. The molecule has 0 spiro atoms. The number of aromatic carboxylic acids is 1. The molecule has 2 aromatic carbocycles. The van der Waals surface area contributed by atoms with Gasteiger partial charge in [0.05, 0.1) is 35.2 Å². The summed E-state index contributed by atoms with van der Waals surface area (Å²) in [5.74, 6) is -1.88. The molecule has 2 saturated heterocycles. The Morgan fingerprint density at radius 2 is 1.60 bits per heavy atom. The number of carboxylic acids is 1. The highest BCUT2D eigenvalue weighted by Crippen LogP contribution is 2.27. The van der Waals surface area contributed by atoms with Crippen LogP contribution in [0.3, 0.4) is 0 Å². The van der Waals surface area contributed by atoms with E-state index in [1.165, 1.54) is 11.1 Å². The molecule has 2 aliphatic rings. The number of carboxylic acid groups (broad SMARTS) is 1. The number of primary amides is 1. The molecule has 70 heavy (non-hydrogen) atoms. The van der Waals surface area contributed by atoms with Crippen molar-refractivity contribution in [1.29, 1.82) is 0 Å². The van der Waals surface area contributed by atoms with Crippen LogP contribution in [0.4, 0.5) is 25.4 Å². The van der Waals surface area contributed by atoms with Crippen LogP contribution in [0, 0.1) is 11.7 Å². The second kappa shape index (κ2) is 25.3. The average Bonchev–Trinajstić information content (AvgIpc) is 3.95. The second-order valence-corrected chi connectivity index (χ2v) is 18.4. The van der Waals surface area contributed by atoms with E-state index < -0.39 is 34.9 Å². The third-order valence-electron chi connectivity index (χ3n) is 13.0. The second-order valence-electron chi connectivity index (χ2n) is 18.4. The molecular weight excluding hydrogens is 904 g/mol. The van der Waals surface area contributed by atoms with Crippen LogP contribution in [-0.2, 0) is 27.5 Å². The van der Waals surface area contributed by atoms with Gasteiger partial charge in [-0.3, -0.25) is 19.3 Å². The van der Waals surface area contributed by atoms with Gasteiger partial charge in [0.25, 0.3) is 0 Å². The number of amides is 5. The number of hydrogen-bond donors (Lipinski definition) is 6. The highest BCUT2D eigenvalue weighted by molar-refractivity contribution is 6.01. The fourth-order valence-corrected chi connectivity index (χ4v) is 8.89. The topological polar surface area (TPSA) is 251 Å². The summed E-state index contributed by atoms with van der Waals surface area (Å²) in [6.07, 6.45) is 8.64. The largest absolute Gasteiger partial charge is 0.477 e. The molecule has 0 aliphatic carbocycles. The summed E-state index contributed by atoms with van der Waals surface area (Å²) in [5, 5.41) is 32.0. The summed E-state index contributed by atoms with van der Waals surface area (Å²) in [5.41, 5.74) is 7.33. The Labute approximate surface area is 407 Å². The Morgan fingerprint density at radius 1 is 0.886 bits per heavy atom. The van der Waals surface area contributed by atoms with E-state index in [4.69, 9.17) is 10.5 Å². The minimum absolute atomic E-state index is 0.00313. The first-order valence-corrected chi connectivity index (χ1v) is 24.5. The van der Waals surface area contributed by atoms with E-state index in [1.807, 2.05) is 42.1 Å². The normalized spacial score (nSPS) is 15.4. The van der Waals surface area contributed by atoms with Crippen molar-refractivity contribution < 1.29 is 38.2 Å². The van der Waals surface area contributed by atoms with Gasteiger partial charge >= 0.3 is 18.1 Å². The fourth-order valence-electron chi connectivity index (χ4n) is 8.89. The van der Waals surface area contributed by atoms with Crippen LogP contribution >= 0.6 is 0 Å². The summed E-state index contributed by atoms with van der Waals surface area (Å²) in [6, 6.07) is 9.74. The van der Waals surface area contributed by atoms with E-state index in [9.17, 15) is 33.9 Å². The highest BCUT2D eigenvalue weighted by atomic mass is 19.1. The van der Waals surface area contributed by atoms with Crippen molar-refractivity contribution in [3.05, 3.63) is 81.7 Å². The number of hydrogen-bond acceptors (Lipinski definition) is 13. The molecule has 20 nitrogen and oxygen atoms in total. The number of unbranched alkanes of at least 4 members (excludes halogenated alkanes) is 3. The summed E-state index contributed by atoms with van der Waals surface area (Å²) < 4.78 is 24.5. The number of urea groups is 1. The maximum atomic E-state index is 15.4. The van der Waals surface area contributed by atoms with Crippen LogP contribution < -0.4 is 37.3 Å². The van der Waals surface area contributed by atoms with Gasteiger partial charge < -0.3 is 51.2 Å². The van der Waals surface area contributed by atoms with E-state index in [-0.39, 0.29) is 66.6 Å².